The first-order valence-electron chi connectivity index (χ1n) is 12.5. The lowest BCUT2D eigenvalue weighted by Gasteiger charge is -2.44. The van der Waals surface area contributed by atoms with Crippen molar-refractivity contribution in [2.75, 3.05) is 13.2 Å². The topological polar surface area (TPSA) is 48.0 Å². The molecule has 0 bridgehead atoms. The van der Waals surface area contributed by atoms with Crippen LogP contribution in [-0.2, 0) is 38.8 Å². The average Bonchev–Trinajstić information content (AvgIpc) is 2.90. The molecule has 5 heteroatoms. The van der Waals surface area contributed by atoms with Crippen LogP contribution >= 0.6 is 0 Å². The largest absolute Gasteiger partial charge is 0.375 e. The number of ether oxygens (including phenoxy) is 3. The van der Waals surface area contributed by atoms with Gasteiger partial charge in [0.25, 0.3) is 0 Å². The smallest absolute Gasteiger partial charge is 0.225 e. The molecule has 1 saturated heterocycles. The van der Waals surface area contributed by atoms with Crippen LogP contribution in [0.25, 0.3) is 0 Å². The molecule has 0 radical (unpaired) electrons. The Hall–Kier alpha value is -2.99. The Kier molecular flexibility index (Phi) is 9.47. The third-order valence-electron chi connectivity index (χ3n) is 6.30. The second-order valence-electron chi connectivity index (χ2n) is 8.96. The number of amides is 1. The van der Waals surface area contributed by atoms with Crippen LogP contribution in [0, 0.1) is 0 Å². The van der Waals surface area contributed by atoms with Gasteiger partial charge in [0.1, 0.15) is 6.10 Å². The molecule has 0 saturated carbocycles. The van der Waals surface area contributed by atoms with E-state index in [0.717, 1.165) is 23.1 Å². The van der Waals surface area contributed by atoms with Gasteiger partial charge in [0.05, 0.1) is 45.0 Å². The van der Waals surface area contributed by atoms with E-state index in [2.05, 4.69) is 19.1 Å². The lowest BCUT2D eigenvalue weighted by Crippen LogP contribution is -2.60. The lowest BCUT2D eigenvalue weighted by atomic mass is 9.94. The number of carbonyl (C=O) groups excluding carboxylic acids is 1. The molecule has 0 unspecified atom stereocenters. The first-order chi connectivity index (χ1) is 17.2. The monoisotopic (exact) mass is 473 g/mol. The molecule has 1 aliphatic heterocycles. The van der Waals surface area contributed by atoms with Gasteiger partial charge >= 0.3 is 0 Å². The maximum Gasteiger partial charge on any atom is 0.225 e. The van der Waals surface area contributed by atoms with Gasteiger partial charge in [-0.05, 0) is 23.1 Å². The first kappa shape index (κ1) is 25.1. The summed E-state index contributed by atoms with van der Waals surface area (Å²) in [4.78, 5) is 15.1. The average molecular weight is 474 g/mol. The molecule has 1 heterocycles. The zero-order chi connectivity index (χ0) is 24.3. The van der Waals surface area contributed by atoms with Gasteiger partial charge in [-0.1, -0.05) is 97.9 Å². The minimum Gasteiger partial charge on any atom is -0.375 e. The summed E-state index contributed by atoms with van der Waals surface area (Å²) in [5.41, 5.74) is 3.28. The van der Waals surface area contributed by atoms with Crippen LogP contribution in [0.15, 0.2) is 91.0 Å². The van der Waals surface area contributed by atoms with Crippen LogP contribution in [0.2, 0.25) is 0 Å². The van der Waals surface area contributed by atoms with Gasteiger partial charge in [-0.2, -0.15) is 0 Å². The zero-order valence-corrected chi connectivity index (χ0v) is 20.4. The number of likely N-dealkylation sites (tertiary alicyclic amines) is 1. The molecule has 4 rings (SSSR count). The highest BCUT2D eigenvalue weighted by molar-refractivity contribution is 5.78. The van der Waals surface area contributed by atoms with Crippen molar-refractivity contribution in [3.8, 4) is 0 Å². The molecule has 0 spiro atoms. The fourth-order valence-corrected chi connectivity index (χ4v) is 4.52. The molecule has 5 nitrogen and oxygen atoms in total. The Bertz CT molecular complexity index is 1010. The quantitative estimate of drug-likeness (QED) is 0.354. The van der Waals surface area contributed by atoms with Crippen molar-refractivity contribution in [1.82, 2.24) is 4.90 Å². The molecule has 184 valence electrons. The number of hydrogen-bond acceptors (Lipinski definition) is 4. The summed E-state index contributed by atoms with van der Waals surface area (Å²) in [6.45, 7) is 4.55. The number of hydrogen-bond donors (Lipinski definition) is 0. The van der Waals surface area contributed by atoms with E-state index >= 15 is 0 Å². The first-order valence-corrected chi connectivity index (χ1v) is 12.5. The summed E-state index contributed by atoms with van der Waals surface area (Å²) in [5, 5.41) is 0. The molecular weight excluding hydrogens is 438 g/mol. The molecule has 1 fully saturated rings. The van der Waals surface area contributed by atoms with Gasteiger partial charge in [-0.3, -0.25) is 4.79 Å². The van der Waals surface area contributed by atoms with Crippen LogP contribution in [0.1, 0.15) is 36.5 Å². The van der Waals surface area contributed by atoms with Crippen molar-refractivity contribution in [1.29, 1.82) is 0 Å². The van der Waals surface area contributed by atoms with E-state index in [1.54, 1.807) is 0 Å². The standard InChI is InChI=1S/C30H35NO4/c1-2-18-31-27(23-33-20-24-12-6-3-7-13-24)30(35-22-26-16-10-5-11-17-26)28(19-29(31)32)34-21-25-14-8-4-9-15-25/h3-17,27-28,30H,2,18-23H2,1H3/t27-,28-,30-/m1/s1. The number of rotatable bonds is 12. The molecule has 35 heavy (non-hydrogen) atoms. The second-order valence-corrected chi connectivity index (χ2v) is 8.96. The molecular formula is C30H35NO4. The zero-order valence-electron chi connectivity index (χ0n) is 20.4. The third kappa shape index (κ3) is 7.25. The normalized spacial score (nSPS) is 20.2. The highest BCUT2D eigenvalue weighted by Gasteiger charge is 2.43. The highest BCUT2D eigenvalue weighted by atomic mass is 16.5. The van der Waals surface area contributed by atoms with Gasteiger partial charge in [0.2, 0.25) is 5.91 Å². The van der Waals surface area contributed by atoms with E-state index in [0.29, 0.717) is 39.4 Å². The second kappa shape index (κ2) is 13.2. The van der Waals surface area contributed by atoms with Crippen LogP contribution < -0.4 is 0 Å². The molecule has 3 aromatic carbocycles. The number of carbonyl (C=O) groups is 1. The molecule has 0 aromatic heterocycles. The van der Waals surface area contributed by atoms with E-state index in [4.69, 9.17) is 14.2 Å². The van der Waals surface area contributed by atoms with Gasteiger partial charge in [-0.15, -0.1) is 0 Å². The fourth-order valence-electron chi connectivity index (χ4n) is 4.52. The summed E-state index contributed by atoms with van der Waals surface area (Å²) in [6.07, 6.45) is 0.548. The molecule has 1 amide bonds. The lowest BCUT2D eigenvalue weighted by molar-refractivity contribution is -0.177. The maximum atomic E-state index is 13.2. The highest BCUT2D eigenvalue weighted by Crippen LogP contribution is 2.27. The Balaban J connectivity index is 1.51. The Morgan fingerprint density at radius 1 is 0.743 bits per heavy atom. The van der Waals surface area contributed by atoms with E-state index < -0.39 is 0 Å². The van der Waals surface area contributed by atoms with Gasteiger partial charge < -0.3 is 19.1 Å². The molecule has 0 aliphatic carbocycles. The van der Waals surface area contributed by atoms with Crippen LogP contribution in [0.3, 0.4) is 0 Å². The Morgan fingerprint density at radius 3 is 1.80 bits per heavy atom. The van der Waals surface area contributed by atoms with Crippen LogP contribution in [0.5, 0.6) is 0 Å². The summed E-state index contributed by atoms with van der Waals surface area (Å²) < 4.78 is 19.0. The number of benzene rings is 3. The van der Waals surface area contributed by atoms with Crippen LogP contribution in [0.4, 0.5) is 0 Å². The van der Waals surface area contributed by atoms with Crippen LogP contribution in [-0.4, -0.2) is 42.2 Å². The Labute approximate surface area is 208 Å². The predicted octanol–water partition coefficient (Wildman–Crippen LogP) is 5.38. The van der Waals surface area contributed by atoms with Crippen molar-refractivity contribution in [2.24, 2.45) is 0 Å². The van der Waals surface area contributed by atoms with Crippen molar-refractivity contribution in [3.05, 3.63) is 108 Å². The maximum absolute atomic E-state index is 13.2. The van der Waals surface area contributed by atoms with E-state index in [1.165, 1.54) is 0 Å². The third-order valence-corrected chi connectivity index (χ3v) is 6.30. The number of nitrogens with zero attached hydrogens (tertiary/aromatic N) is 1. The van der Waals surface area contributed by atoms with E-state index in [9.17, 15) is 4.79 Å². The van der Waals surface area contributed by atoms with Crippen molar-refractivity contribution in [3.63, 3.8) is 0 Å². The SMILES string of the molecule is CCCN1C(=O)C[C@@H](OCc2ccccc2)[C@H](OCc2ccccc2)[C@H]1COCc1ccccc1. The molecule has 1 aliphatic rings. The van der Waals surface area contributed by atoms with Crippen molar-refractivity contribution < 1.29 is 19.0 Å². The number of piperidine rings is 1. The summed E-state index contributed by atoms with van der Waals surface area (Å²) in [6, 6.07) is 30.1. The van der Waals surface area contributed by atoms with Gasteiger partial charge in [0.15, 0.2) is 0 Å². The van der Waals surface area contributed by atoms with E-state index in [1.807, 2.05) is 83.8 Å². The molecule has 3 aromatic rings. The predicted molar refractivity (Wildman–Crippen MR) is 137 cm³/mol. The molecule has 0 N–H and O–H groups in total. The Morgan fingerprint density at radius 2 is 1.26 bits per heavy atom. The van der Waals surface area contributed by atoms with Crippen molar-refractivity contribution >= 4 is 5.91 Å². The summed E-state index contributed by atoms with van der Waals surface area (Å²) >= 11 is 0. The minimum absolute atomic E-state index is 0.0952. The van der Waals surface area contributed by atoms with Gasteiger partial charge in [-0.25, -0.2) is 0 Å². The summed E-state index contributed by atoms with van der Waals surface area (Å²) in [5.74, 6) is 0.0952. The fraction of sp³-hybridized carbons (Fsp3) is 0.367. The van der Waals surface area contributed by atoms with Crippen molar-refractivity contribution in [2.45, 2.75) is 57.8 Å². The summed E-state index contributed by atoms with van der Waals surface area (Å²) in [7, 11) is 0. The minimum atomic E-state index is -0.343. The van der Waals surface area contributed by atoms with Gasteiger partial charge in [0, 0.05) is 6.54 Å². The molecule has 3 atom stereocenters. The van der Waals surface area contributed by atoms with E-state index in [-0.39, 0.29) is 24.2 Å².